The number of aryl methyl sites for hydroxylation is 1. The van der Waals surface area contributed by atoms with Crippen LogP contribution in [0.3, 0.4) is 0 Å². The minimum atomic E-state index is -0.321. The fraction of sp³-hybridized carbons (Fsp3) is 0.0714. The number of nitriles is 1. The largest absolute Gasteiger partial charge is 0.354 e. The van der Waals surface area contributed by atoms with Crippen molar-refractivity contribution in [1.82, 2.24) is 0 Å². The van der Waals surface area contributed by atoms with Crippen LogP contribution in [0.1, 0.15) is 11.1 Å². The highest BCUT2D eigenvalue weighted by Crippen LogP contribution is 2.25. The van der Waals surface area contributed by atoms with Gasteiger partial charge in [-0.05, 0) is 48.9 Å². The van der Waals surface area contributed by atoms with Crippen LogP contribution in [0.5, 0.6) is 0 Å². The third-order valence-corrected chi connectivity index (χ3v) is 2.66. The van der Waals surface area contributed by atoms with Gasteiger partial charge in [-0.2, -0.15) is 5.26 Å². The molecule has 0 unspecified atom stereocenters. The Balaban J connectivity index is 2.39. The number of anilines is 2. The van der Waals surface area contributed by atoms with Crippen LogP contribution in [0.25, 0.3) is 0 Å². The predicted molar refractivity (Wildman–Crippen MR) is 70.6 cm³/mol. The molecule has 2 nitrogen and oxygen atoms in total. The summed E-state index contributed by atoms with van der Waals surface area (Å²) in [5, 5.41) is 12.5. The molecule has 4 heteroatoms. The molecular weight excluding hydrogens is 251 g/mol. The SMILES string of the molecule is Cc1cc(F)cc(Nc2cc(Cl)ccc2C#N)c1. The molecule has 2 rings (SSSR count). The summed E-state index contributed by atoms with van der Waals surface area (Å²) in [6.07, 6.45) is 0. The molecule has 0 radical (unpaired) electrons. The summed E-state index contributed by atoms with van der Waals surface area (Å²) in [5.41, 5.74) is 2.42. The van der Waals surface area contributed by atoms with Crippen LogP contribution >= 0.6 is 11.6 Å². The number of hydrogen-bond acceptors (Lipinski definition) is 2. The van der Waals surface area contributed by atoms with E-state index in [1.165, 1.54) is 12.1 Å². The number of rotatable bonds is 2. The number of nitrogens with one attached hydrogen (secondary N) is 1. The Labute approximate surface area is 110 Å². The summed E-state index contributed by atoms with van der Waals surface area (Å²) in [4.78, 5) is 0. The van der Waals surface area contributed by atoms with Crippen LogP contribution in [0, 0.1) is 24.1 Å². The quantitative estimate of drug-likeness (QED) is 0.869. The third-order valence-electron chi connectivity index (χ3n) is 2.42. The van der Waals surface area contributed by atoms with Crippen LogP contribution in [0.15, 0.2) is 36.4 Å². The van der Waals surface area contributed by atoms with Crippen molar-refractivity contribution in [3.8, 4) is 6.07 Å². The summed E-state index contributed by atoms with van der Waals surface area (Å²) in [6.45, 7) is 1.80. The Bertz CT molecular complexity index is 612. The van der Waals surface area contributed by atoms with Crippen LogP contribution in [0.2, 0.25) is 5.02 Å². The van der Waals surface area contributed by atoms with Gasteiger partial charge in [-0.15, -0.1) is 0 Å². The first-order valence-electron chi connectivity index (χ1n) is 5.32. The van der Waals surface area contributed by atoms with E-state index >= 15 is 0 Å². The number of hydrogen-bond donors (Lipinski definition) is 1. The molecule has 0 aromatic heterocycles. The molecule has 18 heavy (non-hydrogen) atoms. The van der Waals surface area contributed by atoms with Crippen LogP contribution in [-0.4, -0.2) is 0 Å². The minimum absolute atomic E-state index is 0.321. The van der Waals surface area contributed by atoms with E-state index in [0.29, 0.717) is 22.0 Å². The van der Waals surface area contributed by atoms with E-state index in [2.05, 4.69) is 11.4 Å². The maximum absolute atomic E-state index is 13.3. The topological polar surface area (TPSA) is 35.8 Å². The molecule has 90 valence electrons. The highest BCUT2D eigenvalue weighted by atomic mass is 35.5. The summed E-state index contributed by atoms with van der Waals surface area (Å²) < 4.78 is 13.3. The lowest BCUT2D eigenvalue weighted by Gasteiger charge is -2.09. The van der Waals surface area contributed by atoms with Gasteiger partial charge in [0.2, 0.25) is 0 Å². The third kappa shape index (κ3) is 2.79. The van der Waals surface area contributed by atoms with E-state index < -0.39 is 0 Å². The molecule has 0 spiro atoms. The average molecular weight is 261 g/mol. The Morgan fingerprint density at radius 2 is 2.00 bits per heavy atom. The van der Waals surface area contributed by atoms with Crippen molar-refractivity contribution >= 4 is 23.0 Å². The highest BCUT2D eigenvalue weighted by molar-refractivity contribution is 6.30. The van der Waals surface area contributed by atoms with Gasteiger partial charge in [0.1, 0.15) is 11.9 Å². The molecule has 2 aromatic carbocycles. The van der Waals surface area contributed by atoms with Gasteiger partial charge in [0.15, 0.2) is 0 Å². The number of nitrogens with zero attached hydrogens (tertiary/aromatic N) is 1. The van der Waals surface area contributed by atoms with Gasteiger partial charge in [0, 0.05) is 10.7 Å². The first-order valence-corrected chi connectivity index (χ1v) is 5.70. The van der Waals surface area contributed by atoms with Crippen molar-refractivity contribution in [3.63, 3.8) is 0 Å². The van der Waals surface area contributed by atoms with E-state index in [9.17, 15) is 4.39 Å². The lowest BCUT2D eigenvalue weighted by atomic mass is 10.1. The van der Waals surface area contributed by atoms with Crippen molar-refractivity contribution in [1.29, 1.82) is 5.26 Å². The number of benzene rings is 2. The van der Waals surface area contributed by atoms with Crippen molar-refractivity contribution in [2.24, 2.45) is 0 Å². The first kappa shape index (κ1) is 12.4. The lowest BCUT2D eigenvalue weighted by molar-refractivity contribution is 0.627. The zero-order valence-electron chi connectivity index (χ0n) is 9.67. The van der Waals surface area contributed by atoms with Gasteiger partial charge in [-0.25, -0.2) is 4.39 Å². The van der Waals surface area contributed by atoms with Crippen molar-refractivity contribution in [2.75, 3.05) is 5.32 Å². The molecule has 0 amide bonds. The minimum Gasteiger partial charge on any atom is -0.354 e. The predicted octanol–water partition coefficient (Wildman–Crippen LogP) is 4.40. The van der Waals surface area contributed by atoms with Crippen molar-refractivity contribution < 1.29 is 4.39 Å². The fourth-order valence-corrected chi connectivity index (χ4v) is 1.85. The normalized spacial score (nSPS) is 9.89. The molecule has 0 aliphatic carbocycles. The summed E-state index contributed by atoms with van der Waals surface area (Å²) in [6, 6.07) is 11.6. The molecule has 0 heterocycles. The van der Waals surface area contributed by atoms with Crippen LogP contribution < -0.4 is 5.32 Å². The van der Waals surface area contributed by atoms with E-state index in [0.717, 1.165) is 5.56 Å². The maximum Gasteiger partial charge on any atom is 0.125 e. The zero-order valence-corrected chi connectivity index (χ0v) is 10.4. The Hall–Kier alpha value is -2.05. The van der Waals surface area contributed by atoms with E-state index in [-0.39, 0.29) is 5.82 Å². The first-order chi connectivity index (χ1) is 8.58. The van der Waals surface area contributed by atoms with E-state index in [1.54, 1.807) is 31.2 Å². The second kappa shape index (κ2) is 5.07. The van der Waals surface area contributed by atoms with Gasteiger partial charge in [-0.1, -0.05) is 11.6 Å². The molecule has 2 aromatic rings. The van der Waals surface area contributed by atoms with Crippen molar-refractivity contribution in [2.45, 2.75) is 6.92 Å². The molecule has 0 saturated carbocycles. The highest BCUT2D eigenvalue weighted by Gasteiger charge is 2.04. The Kier molecular flexibility index (Phi) is 3.50. The maximum atomic E-state index is 13.3. The zero-order chi connectivity index (χ0) is 13.1. The van der Waals surface area contributed by atoms with Gasteiger partial charge in [0.25, 0.3) is 0 Å². The van der Waals surface area contributed by atoms with E-state index in [1.807, 2.05) is 0 Å². The summed E-state index contributed by atoms with van der Waals surface area (Å²) >= 11 is 5.88. The molecule has 0 aliphatic rings. The Morgan fingerprint density at radius 1 is 1.22 bits per heavy atom. The van der Waals surface area contributed by atoms with Gasteiger partial charge < -0.3 is 5.32 Å². The van der Waals surface area contributed by atoms with Crippen LogP contribution in [0.4, 0.5) is 15.8 Å². The molecular formula is C14H10ClFN2. The molecule has 0 bridgehead atoms. The van der Waals surface area contributed by atoms with Crippen LogP contribution in [-0.2, 0) is 0 Å². The van der Waals surface area contributed by atoms with Gasteiger partial charge >= 0.3 is 0 Å². The lowest BCUT2D eigenvalue weighted by Crippen LogP contribution is -1.95. The summed E-state index contributed by atoms with van der Waals surface area (Å²) in [7, 11) is 0. The second-order valence-corrected chi connectivity index (χ2v) is 4.38. The van der Waals surface area contributed by atoms with E-state index in [4.69, 9.17) is 16.9 Å². The average Bonchev–Trinajstić information content (AvgIpc) is 2.27. The standard InChI is InChI=1S/C14H10ClFN2/c1-9-4-12(16)7-13(5-9)18-14-6-11(15)3-2-10(14)8-17/h2-7,18H,1H3. The fourth-order valence-electron chi connectivity index (χ4n) is 1.68. The molecule has 0 fully saturated rings. The second-order valence-electron chi connectivity index (χ2n) is 3.94. The molecule has 0 aliphatic heterocycles. The monoisotopic (exact) mass is 260 g/mol. The molecule has 1 N–H and O–H groups in total. The number of halogens is 2. The Morgan fingerprint density at radius 3 is 2.67 bits per heavy atom. The van der Waals surface area contributed by atoms with Gasteiger partial charge in [-0.3, -0.25) is 0 Å². The smallest absolute Gasteiger partial charge is 0.125 e. The van der Waals surface area contributed by atoms with Crippen molar-refractivity contribution in [3.05, 3.63) is 58.4 Å². The van der Waals surface area contributed by atoms with Gasteiger partial charge in [0.05, 0.1) is 11.3 Å². The molecule has 0 saturated heterocycles. The summed E-state index contributed by atoms with van der Waals surface area (Å²) in [5.74, 6) is -0.321. The molecule has 0 atom stereocenters.